The predicted octanol–water partition coefficient (Wildman–Crippen LogP) is 3.24. The lowest BCUT2D eigenvalue weighted by atomic mass is 10.0. The number of nitriles is 1. The Bertz CT molecular complexity index is 547. The molecule has 0 aliphatic rings. The molecule has 0 spiro atoms. The first-order valence-electron chi connectivity index (χ1n) is 5.34. The molecule has 0 saturated carbocycles. The third kappa shape index (κ3) is 2.79. The van der Waals surface area contributed by atoms with E-state index in [1.54, 1.807) is 0 Å². The van der Waals surface area contributed by atoms with Gasteiger partial charge in [-0.15, -0.1) is 0 Å². The molecule has 0 heterocycles. The first-order valence-corrected chi connectivity index (χ1v) is 5.72. The van der Waals surface area contributed by atoms with Crippen molar-refractivity contribution in [3.05, 3.63) is 44.5 Å². The Hall–Kier alpha value is -2.06. The SMILES string of the molecule is CCC/C(C#N)=C(/N)c1c(Cl)cccc1[N+](=O)[O-]. The van der Waals surface area contributed by atoms with Crippen LogP contribution in [0.1, 0.15) is 25.3 Å². The average Bonchev–Trinajstić information content (AvgIpc) is 2.34. The fourth-order valence-electron chi connectivity index (χ4n) is 1.58. The standard InChI is InChI=1S/C12H12ClN3O2/c1-2-4-8(7-14)12(15)11-9(13)5-3-6-10(11)16(17)18/h3,5-6H,2,4,15H2,1H3/b12-8-. The van der Waals surface area contributed by atoms with E-state index < -0.39 is 4.92 Å². The zero-order chi connectivity index (χ0) is 13.7. The maximum Gasteiger partial charge on any atom is 0.280 e. The molecule has 0 radical (unpaired) electrons. The average molecular weight is 266 g/mol. The van der Waals surface area contributed by atoms with Crippen molar-refractivity contribution >= 4 is 23.0 Å². The van der Waals surface area contributed by atoms with Crippen LogP contribution >= 0.6 is 11.6 Å². The van der Waals surface area contributed by atoms with Crippen molar-refractivity contribution in [1.29, 1.82) is 5.26 Å². The van der Waals surface area contributed by atoms with Crippen LogP contribution in [0.2, 0.25) is 5.02 Å². The van der Waals surface area contributed by atoms with E-state index in [1.807, 2.05) is 13.0 Å². The maximum absolute atomic E-state index is 10.9. The highest BCUT2D eigenvalue weighted by molar-refractivity contribution is 6.32. The zero-order valence-electron chi connectivity index (χ0n) is 9.81. The summed E-state index contributed by atoms with van der Waals surface area (Å²) in [5, 5.41) is 20.1. The molecule has 2 N–H and O–H groups in total. The van der Waals surface area contributed by atoms with Crippen LogP contribution in [0.3, 0.4) is 0 Å². The number of nitrogens with two attached hydrogens (primary N) is 1. The van der Waals surface area contributed by atoms with Crippen LogP contribution < -0.4 is 5.73 Å². The van der Waals surface area contributed by atoms with E-state index in [-0.39, 0.29) is 22.0 Å². The topological polar surface area (TPSA) is 93.0 Å². The molecular weight excluding hydrogens is 254 g/mol. The number of nitro groups is 1. The van der Waals surface area contributed by atoms with Crippen molar-refractivity contribution in [2.45, 2.75) is 19.8 Å². The minimum atomic E-state index is -0.561. The molecule has 1 aromatic rings. The summed E-state index contributed by atoms with van der Waals surface area (Å²) in [6, 6.07) is 6.27. The van der Waals surface area contributed by atoms with E-state index in [1.165, 1.54) is 18.2 Å². The number of benzene rings is 1. The number of allylic oxidation sites excluding steroid dienone is 1. The normalized spacial score (nSPS) is 11.6. The first-order chi connectivity index (χ1) is 8.52. The van der Waals surface area contributed by atoms with E-state index in [2.05, 4.69) is 0 Å². The van der Waals surface area contributed by atoms with Crippen molar-refractivity contribution in [3.63, 3.8) is 0 Å². The van der Waals surface area contributed by atoms with Gasteiger partial charge in [-0.25, -0.2) is 0 Å². The highest BCUT2D eigenvalue weighted by atomic mass is 35.5. The van der Waals surface area contributed by atoms with E-state index in [0.29, 0.717) is 12.0 Å². The fraction of sp³-hybridized carbons (Fsp3) is 0.250. The molecule has 5 nitrogen and oxygen atoms in total. The molecule has 0 atom stereocenters. The van der Waals surface area contributed by atoms with Crippen molar-refractivity contribution in [2.24, 2.45) is 5.73 Å². The Balaban J connectivity index is 3.50. The second-order valence-electron chi connectivity index (χ2n) is 3.65. The Labute approximate surface area is 110 Å². The molecule has 0 aliphatic carbocycles. The molecule has 18 heavy (non-hydrogen) atoms. The molecule has 6 heteroatoms. The lowest BCUT2D eigenvalue weighted by Gasteiger charge is -2.08. The van der Waals surface area contributed by atoms with Gasteiger partial charge in [-0.2, -0.15) is 5.26 Å². The first kappa shape index (κ1) is 14.0. The van der Waals surface area contributed by atoms with E-state index in [0.717, 1.165) is 6.42 Å². The summed E-state index contributed by atoms with van der Waals surface area (Å²) in [4.78, 5) is 10.4. The van der Waals surface area contributed by atoms with Crippen molar-refractivity contribution in [1.82, 2.24) is 0 Å². The smallest absolute Gasteiger partial charge is 0.280 e. The fourth-order valence-corrected chi connectivity index (χ4v) is 1.85. The van der Waals surface area contributed by atoms with Crippen LogP contribution in [-0.4, -0.2) is 4.92 Å². The lowest BCUT2D eigenvalue weighted by Crippen LogP contribution is -2.05. The van der Waals surface area contributed by atoms with Gasteiger partial charge >= 0.3 is 0 Å². The van der Waals surface area contributed by atoms with Crippen LogP contribution in [0.5, 0.6) is 0 Å². The molecule has 0 amide bonds. The number of nitrogens with zero attached hydrogens (tertiary/aromatic N) is 2. The lowest BCUT2D eigenvalue weighted by molar-refractivity contribution is -0.385. The molecule has 0 unspecified atom stereocenters. The molecule has 0 fully saturated rings. The highest BCUT2D eigenvalue weighted by Gasteiger charge is 2.20. The van der Waals surface area contributed by atoms with E-state index >= 15 is 0 Å². The van der Waals surface area contributed by atoms with E-state index in [9.17, 15) is 10.1 Å². The van der Waals surface area contributed by atoms with Crippen molar-refractivity contribution < 1.29 is 4.92 Å². The van der Waals surface area contributed by atoms with Crippen LogP contribution in [0.25, 0.3) is 5.70 Å². The van der Waals surface area contributed by atoms with Gasteiger partial charge < -0.3 is 5.73 Å². The predicted molar refractivity (Wildman–Crippen MR) is 69.7 cm³/mol. The largest absolute Gasteiger partial charge is 0.397 e. The number of halogens is 1. The number of hydrogen-bond donors (Lipinski definition) is 1. The van der Waals surface area contributed by atoms with Crippen LogP contribution in [0.4, 0.5) is 5.69 Å². The van der Waals surface area contributed by atoms with E-state index in [4.69, 9.17) is 22.6 Å². The van der Waals surface area contributed by atoms with Gasteiger partial charge in [-0.3, -0.25) is 10.1 Å². The van der Waals surface area contributed by atoms with Gasteiger partial charge in [0.15, 0.2) is 0 Å². The third-order valence-electron chi connectivity index (χ3n) is 2.42. The molecule has 0 saturated heterocycles. The van der Waals surface area contributed by atoms with Gasteiger partial charge in [-0.1, -0.05) is 31.0 Å². The second-order valence-corrected chi connectivity index (χ2v) is 4.05. The molecule has 0 aromatic heterocycles. The van der Waals surface area contributed by atoms with Gasteiger partial charge in [0, 0.05) is 6.07 Å². The quantitative estimate of drug-likeness (QED) is 0.514. The summed E-state index contributed by atoms with van der Waals surface area (Å²) in [6.07, 6.45) is 1.19. The Morgan fingerprint density at radius 3 is 2.78 bits per heavy atom. The number of rotatable bonds is 4. The summed E-state index contributed by atoms with van der Waals surface area (Å²) in [7, 11) is 0. The van der Waals surface area contributed by atoms with Crippen molar-refractivity contribution in [3.8, 4) is 6.07 Å². The highest BCUT2D eigenvalue weighted by Crippen LogP contribution is 2.32. The summed E-state index contributed by atoms with van der Waals surface area (Å²) in [5.41, 5.74) is 6.17. The Kier molecular flexibility index (Phi) is 4.69. The van der Waals surface area contributed by atoms with Gasteiger partial charge in [0.1, 0.15) is 0 Å². The van der Waals surface area contributed by atoms with Crippen LogP contribution in [-0.2, 0) is 0 Å². The Morgan fingerprint density at radius 1 is 1.61 bits per heavy atom. The maximum atomic E-state index is 10.9. The van der Waals surface area contributed by atoms with Gasteiger partial charge in [0.05, 0.1) is 32.8 Å². The molecule has 0 aliphatic heterocycles. The molecule has 1 rings (SSSR count). The van der Waals surface area contributed by atoms with Gasteiger partial charge in [-0.05, 0) is 12.5 Å². The van der Waals surface area contributed by atoms with Crippen molar-refractivity contribution in [2.75, 3.05) is 0 Å². The van der Waals surface area contributed by atoms with Crippen LogP contribution in [0, 0.1) is 21.4 Å². The minimum absolute atomic E-state index is 0.0802. The summed E-state index contributed by atoms with van der Waals surface area (Å²) in [5.74, 6) is 0. The summed E-state index contributed by atoms with van der Waals surface area (Å²) in [6.45, 7) is 1.89. The van der Waals surface area contributed by atoms with Gasteiger partial charge in [0.25, 0.3) is 5.69 Å². The summed E-state index contributed by atoms with van der Waals surface area (Å²) >= 11 is 5.94. The van der Waals surface area contributed by atoms with Crippen LogP contribution in [0.15, 0.2) is 23.8 Å². The zero-order valence-corrected chi connectivity index (χ0v) is 10.6. The third-order valence-corrected chi connectivity index (χ3v) is 2.73. The number of nitro benzene ring substituents is 1. The molecule has 94 valence electrons. The molecule has 1 aromatic carbocycles. The Morgan fingerprint density at radius 2 is 2.28 bits per heavy atom. The molecule has 0 bridgehead atoms. The summed E-state index contributed by atoms with van der Waals surface area (Å²) < 4.78 is 0. The molecular formula is C12H12ClN3O2. The monoisotopic (exact) mass is 265 g/mol. The minimum Gasteiger partial charge on any atom is -0.397 e. The van der Waals surface area contributed by atoms with Gasteiger partial charge in [0.2, 0.25) is 0 Å². The second kappa shape index (κ2) is 6.03. The number of hydrogen-bond acceptors (Lipinski definition) is 4.